The summed E-state index contributed by atoms with van der Waals surface area (Å²) in [5, 5.41) is 0. The number of carbonyl (C=O) groups is 2. The van der Waals surface area contributed by atoms with Gasteiger partial charge in [-0.25, -0.2) is 0 Å². The summed E-state index contributed by atoms with van der Waals surface area (Å²) in [4.78, 5) is 25.7. The molecule has 25 heavy (non-hydrogen) atoms. The summed E-state index contributed by atoms with van der Waals surface area (Å²) >= 11 is 0. The SMILES string of the molecule is C[C@H](Oc1cccc2c1C(=O)c1ccccc1C2=O)c1ccccc1. The molecule has 4 rings (SSSR count). The standard InChI is InChI=1S/C22H16O3/c1-14(15-8-3-2-4-9-15)25-19-13-7-12-18-20(19)22(24)17-11-6-5-10-16(17)21(18)23/h2-14H,1H3/t14-/m0/s1. The number of carbonyl (C=O) groups excluding carboxylic acids is 2. The molecule has 1 aliphatic carbocycles. The minimum atomic E-state index is -0.229. The molecule has 1 atom stereocenters. The monoisotopic (exact) mass is 328 g/mol. The lowest BCUT2D eigenvalue weighted by molar-refractivity contribution is 0.0973. The fourth-order valence-corrected chi connectivity index (χ4v) is 3.19. The van der Waals surface area contributed by atoms with Crippen molar-refractivity contribution in [1.82, 2.24) is 0 Å². The highest BCUT2D eigenvalue weighted by molar-refractivity contribution is 6.29. The number of fused-ring (bicyclic) bond motifs is 2. The zero-order valence-corrected chi connectivity index (χ0v) is 13.7. The van der Waals surface area contributed by atoms with Crippen LogP contribution in [-0.2, 0) is 0 Å². The van der Waals surface area contributed by atoms with Crippen LogP contribution in [0.4, 0.5) is 0 Å². The number of rotatable bonds is 3. The maximum absolute atomic E-state index is 13.0. The van der Waals surface area contributed by atoms with Gasteiger partial charge in [-0.3, -0.25) is 9.59 Å². The second-order valence-electron chi connectivity index (χ2n) is 6.05. The molecule has 1 aliphatic rings. The Morgan fingerprint density at radius 3 is 2.00 bits per heavy atom. The van der Waals surface area contributed by atoms with Crippen LogP contribution in [0.3, 0.4) is 0 Å². The molecule has 0 spiro atoms. The van der Waals surface area contributed by atoms with Crippen molar-refractivity contribution in [3.63, 3.8) is 0 Å². The summed E-state index contributed by atoms with van der Waals surface area (Å²) in [7, 11) is 0. The second kappa shape index (κ2) is 6.02. The molecule has 0 saturated carbocycles. The molecule has 3 aromatic rings. The van der Waals surface area contributed by atoms with E-state index in [1.807, 2.05) is 37.3 Å². The molecule has 122 valence electrons. The lowest BCUT2D eigenvalue weighted by Gasteiger charge is -2.22. The van der Waals surface area contributed by atoms with Crippen molar-refractivity contribution < 1.29 is 14.3 Å². The minimum absolute atomic E-state index is 0.136. The third-order valence-corrected chi connectivity index (χ3v) is 4.49. The maximum atomic E-state index is 13.0. The summed E-state index contributed by atoms with van der Waals surface area (Å²) in [5.74, 6) is 0.144. The van der Waals surface area contributed by atoms with Gasteiger partial charge >= 0.3 is 0 Å². The minimum Gasteiger partial charge on any atom is -0.485 e. The highest BCUT2D eigenvalue weighted by atomic mass is 16.5. The first-order valence-corrected chi connectivity index (χ1v) is 8.20. The van der Waals surface area contributed by atoms with Crippen LogP contribution in [0.25, 0.3) is 0 Å². The van der Waals surface area contributed by atoms with E-state index in [-0.39, 0.29) is 17.7 Å². The van der Waals surface area contributed by atoms with E-state index < -0.39 is 0 Å². The number of hydrogen-bond donors (Lipinski definition) is 0. The molecule has 0 aromatic heterocycles. The van der Waals surface area contributed by atoms with E-state index in [2.05, 4.69) is 0 Å². The van der Waals surface area contributed by atoms with Crippen molar-refractivity contribution in [1.29, 1.82) is 0 Å². The molecule has 0 fully saturated rings. The average molecular weight is 328 g/mol. The largest absolute Gasteiger partial charge is 0.485 e. The molecule has 0 amide bonds. The Morgan fingerprint density at radius 2 is 1.28 bits per heavy atom. The summed E-state index contributed by atoms with van der Waals surface area (Å²) in [6, 6.07) is 21.9. The summed E-state index contributed by atoms with van der Waals surface area (Å²) < 4.78 is 6.06. The Bertz CT molecular complexity index is 974. The van der Waals surface area contributed by atoms with E-state index in [1.54, 1.807) is 42.5 Å². The van der Waals surface area contributed by atoms with E-state index in [0.717, 1.165) is 5.56 Å². The molecule has 0 unspecified atom stereocenters. The van der Waals surface area contributed by atoms with Gasteiger partial charge < -0.3 is 4.74 Å². The molecule has 0 aliphatic heterocycles. The lowest BCUT2D eigenvalue weighted by atomic mass is 9.83. The first-order valence-electron chi connectivity index (χ1n) is 8.20. The van der Waals surface area contributed by atoms with Gasteiger partial charge in [0.15, 0.2) is 11.6 Å². The Hall–Kier alpha value is -3.20. The van der Waals surface area contributed by atoms with Crippen LogP contribution in [0, 0.1) is 0 Å². The second-order valence-corrected chi connectivity index (χ2v) is 6.05. The van der Waals surface area contributed by atoms with E-state index in [0.29, 0.717) is 28.0 Å². The van der Waals surface area contributed by atoms with Gasteiger partial charge in [-0.05, 0) is 18.6 Å². The van der Waals surface area contributed by atoms with Gasteiger partial charge in [0.1, 0.15) is 11.9 Å². The van der Waals surface area contributed by atoms with Crippen LogP contribution in [0.15, 0.2) is 72.8 Å². The fraction of sp³-hybridized carbons (Fsp3) is 0.0909. The number of hydrogen-bond acceptors (Lipinski definition) is 3. The fourth-order valence-electron chi connectivity index (χ4n) is 3.19. The Morgan fingerprint density at radius 1 is 0.680 bits per heavy atom. The topological polar surface area (TPSA) is 43.4 Å². The van der Waals surface area contributed by atoms with Crippen molar-refractivity contribution in [3.05, 3.63) is 101 Å². The van der Waals surface area contributed by atoms with Gasteiger partial charge in [0.2, 0.25) is 0 Å². The molecular formula is C22H16O3. The molecule has 0 saturated heterocycles. The van der Waals surface area contributed by atoms with Gasteiger partial charge in [-0.1, -0.05) is 66.7 Å². The van der Waals surface area contributed by atoms with Crippen LogP contribution in [0.1, 0.15) is 50.4 Å². The molecule has 3 aromatic carbocycles. The zero-order chi connectivity index (χ0) is 17.4. The van der Waals surface area contributed by atoms with Crippen LogP contribution in [0.2, 0.25) is 0 Å². The average Bonchev–Trinajstić information content (AvgIpc) is 2.66. The van der Waals surface area contributed by atoms with Crippen molar-refractivity contribution in [2.24, 2.45) is 0 Å². The number of ether oxygens (including phenoxy) is 1. The van der Waals surface area contributed by atoms with Crippen LogP contribution < -0.4 is 4.74 Å². The first kappa shape index (κ1) is 15.3. The van der Waals surface area contributed by atoms with Crippen LogP contribution in [-0.4, -0.2) is 11.6 Å². The summed E-state index contributed by atoms with van der Waals surface area (Å²) in [6.07, 6.45) is -0.229. The van der Waals surface area contributed by atoms with E-state index >= 15 is 0 Å². The van der Waals surface area contributed by atoms with Crippen molar-refractivity contribution in [2.75, 3.05) is 0 Å². The van der Waals surface area contributed by atoms with E-state index in [4.69, 9.17) is 4.74 Å². The molecule has 0 radical (unpaired) electrons. The maximum Gasteiger partial charge on any atom is 0.198 e. The Kier molecular flexibility index (Phi) is 3.69. The quantitative estimate of drug-likeness (QED) is 0.552. The first-order chi connectivity index (χ1) is 12.2. The van der Waals surface area contributed by atoms with Crippen LogP contribution >= 0.6 is 0 Å². The van der Waals surface area contributed by atoms with Gasteiger partial charge in [0.25, 0.3) is 0 Å². The smallest absolute Gasteiger partial charge is 0.198 e. The molecule has 3 heteroatoms. The van der Waals surface area contributed by atoms with Gasteiger partial charge in [-0.2, -0.15) is 0 Å². The third kappa shape index (κ3) is 2.54. The Balaban J connectivity index is 1.78. The Labute approximate surface area is 145 Å². The van der Waals surface area contributed by atoms with Gasteiger partial charge in [0, 0.05) is 16.7 Å². The molecule has 0 bridgehead atoms. The molecule has 0 heterocycles. The van der Waals surface area contributed by atoms with Crippen molar-refractivity contribution >= 4 is 11.6 Å². The van der Waals surface area contributed by atoms with E-state index in [1.165, 1.54) is 0 Å². The predicted octanol–water partition coefficient (Wildman–Crippen LogP) is 4.60. The zero-order valence-electron chi connectivity index (χ0n) is 13.7. The van der Waals surface area contributed by atoms with Crippen molar-refractivity contribution in [3.8, 4) is 5.75 Å². The number of benzene rings is 3. The van der Waals surface area contributed by atoms with Crippen molar-refractivity contribution in [2.45, 2.75) is 13.0 Å². The highest BCUT2D eigenvalue weighted by Crippen LogP contribution is 2.35. The normalized spacial score (nSPS) is 13.8. The molecular weight excluding hydrogens is 312 g/mol. The lowest BCUT2D eigenvalue weighted by Crippen LogP contribution is -2.22. The highest BCUT2D eigenvalue weighted by Gasteiger charge is 2.32. The number of ketones is 2. The molecule has 0 N–H and O–H groups in total. The van der Waals surface area contributed by atoms with Gasteiger partial charge in [0.05, 0.1) is 5.56 Å². The predicted molar refractivity (Wildman–Crippen MR) is 95.2 cm³/mol. The summed E-state index contributed by atoms with van der Waals surface area (Å²) in [5.41, 5.74) is 2.65. The van der Waals surface area contributed by atoms with Gasteiger partial charge in [-0.15, -0.1) is 0 Å². The molecule has 3 nitrogen and oxygen atoms in total. The van der Waals surface area contributed by atoms with Crippen LogP contribution in [0.5, 0.6) is 5.75 Å². The van der Waals surface area contributed by atoms with E-state index in [9.17, 15) is 9.59 Å². The summed E-state index contributed by atoms with van der Waals surface area (Å²) in [6.45, 7) is 1.93. The third-order valence-electron chi connectivity index (χ3n) is 4.49.